The first-order valence-corrected chi connectivity index (χ1v) is 10.5. The van der Waals surface area contributed by atoms with E-state index in [0.717, 1.165) is 22.3 Å². The molecule has 3 amide bonds. The number of amides is 3. The summed E-state index contributed by atoms with van der Waals surface area (Å²) in [6, 6.07) is 14.8. The van der Waals surface area contributed by atoms with E-state index in [-0.39, 0.29) is 12.5 Å². The highest BCUT2D eigenvalue weighted by Crippen LogP contribution is 2.44. The number of carbonyl (C=O) groups excluding carboxylic acids is 4. The maximum absolute atomic E-state index is 12.1. The predicted molar refractivity (Wildman–Crippen MR) is 120 cm³/mol. The Hall–Kier alpha value is -3.88. The molecule has 9 nitrogen and oxygen atoms in total. The number of hydrogen-bond acceptors (Lipinski definition) is 6. The lowest BCUT2D eigenvalue weighted by Crippen LogP contribution is -2.52. The Labute approximate surface area is 191 Å². The average molecular weight is 453 g/mol. The molecule has 0 saturated heterocycles. The maximum atomic E-state index is 12.1. The van der Waals surface area contributed by atoms with Gasteiger partial charge in [0.1, 0.15) is 18.2 Å². The zero-order valence-corrected chi connectivity index (χ0v) is 18.9. The number of esters is 1. The van der Waals surface area contributed by atoms with Crippen LogP contribution in [-0.2, 0) is 23.9 Å². The van der Waals surface area contributed by atoms with E-state index in [1.807, 2.05) is 48.5 Å². The fourth-order valence-electron chi connectivity index (χ4n) is 3.50. The molecule has 2 aromatic carbocycles. The molecule has 3 N–H and O–H groups in total. The summed E-state index contributed by atoms with van der Waals surface area (Å²) in [6.45, 7) is 6.30. The van der Waals surface area contributed by atoms with Crippen LogP contribution in [0.25, 0.3) is 11.1 Å². The Kier molecular flexibility index (Phi) is 7.01. The first-order valence-electron chi connectivity index (χ1n) is 10.5. The summed E-state index contributed by atoms with van der Waals surface area (Å²) < 4.78 is 10.3. The highest BCUT2D eigenvalue weighted by Gasteiger charge is 2.29. The summed E-state index contributed by atoms with van der Waals surface area (Å²) in [5.41, 5.74) is 7.80. The Balaban J connectivity index is 1.48. The molecule has 0 fully saturated rings. The fourth-order valence-corrected chi connectivity index (χ4v) is 3.50. The van der Waals surface area contributed by atoms with Crippen molar-refractivity contribution >= 4 is 23.9 Å². The van der Waals surface area contributed by atoms with Crippen molar-refractivity contribution in [1.29, 1.82) is 0 Å². The lowest BCUT2D eigenvalue weighted by atomic mass is 9.98. The minimum atomic E-state index is -1.10. The van der Waals surface area contributed by atoms with Gasteiger partial charge >= 0.3 is 18.0 Å². The quantitative estimate of drug-likeness (QED) is 0.371. The summed E-state index contributed by atoms with van der Waals surface area (Å²) in [5, 5.41) is 2.21. The molecule has 0 aliphatic heterocycles. The molecule has 0 aromatic heterocycles. The number of carbonyl (C=O) groups is 4. The van der Waals surface area contributed by atoms with Crippen LogP contribution in [0, 0.1) is 0 Å². The number of hydrazine groups is 1. The molecule has 9 heteroatoms. The fraction of sp³-hybridized carbons (Fsp3) is 0.333. The van der Waals surface area contributed by atoms with Crippen molar-refractivity contribution in [2.75, 3.05) is 6.61 Å². The number of ether oxygens (including phenoxy) is 2. The van der Waals surface area contributed by atoms with E-state index in [2.05, 4.69) is 16.2 Å². The first-order chi connectivity index (χ1) is 15.6. The van der Waals surface area contributed by atoms with Crippen molar-refractivity contribution in [3.63, 3.8) is 0 Å². The third-order valence-electron chi connectivity index (χ3n) is 4.96. The van der Waals surface area contributed by atoms with Gasteiger partial charge in [-0.2, -0.15) is 0 Å². The normalized spacial score (nSPS) is 13.2. The minimum Gasteiger partial charge on any atom is -0.453 e. The third kappa shape index (κ3) is 5.88. The number of hydrogen-bond donors (Lipinski definition) is 3. The van der Waals surface area contributed by atoms with Crippen molar-refractivity contribution in [3.8, 4) is 11.1 Å². The van der Waals surface area contributed by atoms with E-state index < -0.39 is 35.5 Å². The van der Waals surface area contributed by atoms with Gasteiger partial charge in [0.05, 0.1) is 0 Å². The van der Waals surface area contributed by atoms with Gasteiger partial charge in [-0.05, 0) is 49.9 Å². The Morgan fingerprint density at radius 2 is 1.45 bits per heavy atom. The third-order valence-corrected chi connectivity index (χ3v) is 4.96. The van der Waals surface area contributed by atoms with Crippen LogP contribution < -0.4 is 16.2 Å². The van der Waals surface area contributed by atoms with Crippen molar-refractivity contribution < 1.29 is 28.7 Å². The predicted octanol–water partition coefficient (Wildman–Crippen LogP) is 2.40. The summed E-state index contributed by atoms with van der Waals surface area (Å²) in [6.07, 6.45) is -0.851. The monoisotopic (exact) mass is 453 g/mol. The lowest BCUT2D eigenvalue weighted by Gasteiger charge is -2.20. The summed E-state index contributed by atoms with van der Waals surface area (Å²) in [7, 11) is 0. The van der Waals surface area contributed by atoms with Gasteiger partial charge in [-0.25, -0.2) is 15.0 Å². The van der Waals surface area contributed by atoms with Gasteiger partial charge in [0.15, 0.2) is 0 Å². The van der Waals surface area contributed by atoms with Crippen LogP contribution in [0.4, 0.5) is 4.79 Å². The summed E-state index contributed by atoms with van der Waals surface area (Å²) in [5.74, 6) is -3.02. The Morgan fingerprint density at radius 3 is 2.00 bits per heavy atom. The molecule has 1 aliphatic rings. The largest absolute Gasteiger partial charge is 0.453 e. The standard InChI is InChI=1S/C24H27N3O6/c1-14(25-21(29)22(30)33-24(2,3)4)20(28)26-27-23(31)32-13-19-17-11-7-5-9-15(17)16-10-6-8-12-18(16)19/h5-12,14,19H,13H2,1-4H3,(H,25,29)(H,26,28)(H,27,31)/t14-/m1/s1. The molecular weight excluding hydrogens is 426 g/mol. The van der Waals surface area contributed by atoms with E-state index in [9.17, 15) is 19.2 Å². The maximum Gasteiger partial charge on any atom is 0.426 e. The van der Waals surface area contributed by atoms with Gasteiger partial charge in [0, 0.05) is 5.92 Å². The first kappa shape index (κ1) is 23.8. The number of fused-ring (bicyclic) bond motifs is 3. The molecule has 0 bridgehead atoms. The van der Waals surface area contributed by atoms with E-state index >= 15 is 0 Å². The molecule has 0 saturated carbocycles. The molecule has 0 radical (unpaired) electrons. The second-order valence-electron chi connectivity index (χ2n) is 8.64. The van der Waals surface area contributed by atoms with Gasteiger partial charge < -0.3 is 14.8 Å². The molecule has 1 atom stereocenters. The summed E-state index contributed by atoms with van der Waals surface area (Å²) >= 11 is 0. The molecule has 0 heterocycles. The SMILES string of the molecule is C[C@@H](NC(=O)C(=O)OC(C)(C)C)C(=O)NNC(=O)OCC1c2ccccc2-c2ccccc21. The van der Waals surface area contributed by atoms with Crippen molar-refractivity contribution in [2.24, 2.45) is 0 Å². The van der Waals surface area contributed by atoms with Crippen LogP contribution >= 0.6 is 0 Å². The second-order valence-corrected chi connectivity index (χ2v) is 8.64. The topological polar surface area (TPSA) is 123 Å². The highest BCUT2D eigenvalue weighted by molar-refractivity contribution is 6.33. The Bertz CT molecular complexity index is 1030. The van der Waals surface area contributed by atoms with Crippen LogP contribution in [0.5, 0.6) is 0 Å². The zero-order valence-electron chi connectivity index (χ0n) is 18.9. The van der Waals surface area contributed by atoms with Gasteiger partial charge in [-0.3, -0.25) is 15.0 Å². The van der Waals surface area contributed by atoms with Crippen molar-refractivity contribution in [1.82, 2.24) is 16.2 Å². The zero-order chi connectivity index (χ0) is 24.2. The molecule has 0 unspecified atom stereocenters. The van der Waals surface area contributed by atoms with Crippen molar-refractivity contribution in [2.45, 2.75) is 45.3 Å². The molecule has 33 heavy (non-hydrogen) atoms. The summed E-state index contributed by atoms with van der Waals surface area (Å²) in [4.78, 5) is 47.8. The minimum absolute atomic E-state index is 0.0840. The van der Waals surface area contributed by atoms with E-state index in [0.29, 0.717) is 0 Å². The van der Waals surface area contributed by atoms with Gasteiger partial charge in [0.2, 0.25) is 0 Å². The van der Waals surface area contributed by atoms with E-state index in [1.165, 1.54) is 6.92 Å². The second kappa shape index (κ2) is 9.72. The number of benzene rings is 2. The van der Waals surface area contributed by atoms with E-state index in [1.54, 1.807) is 20.8 Å². The van der Waals surface area contributed by atoms with Crippen LogP contribution in [0.1, 0.15) is 44.7 Å². The molecule has 0 spiro atoms. The number of rotatable bonds is 4. The molecule has 1 aliphatic carbocycles. The molecular formula is C24H27N3O6. The van der Waals surface area contributed by atoms with Crippen LogP contribution in [-0.4, -0.2) is 42.1 Å². The van der Waals surface area contributed by atoms with E-state index in [4.69, 9.17) is 9.47 Å². The molecule has 174 valence electrons. The lowest BCUT2D eigenvalue weighted by molar-refractivity contribution is -0.163. The van der Waals surface area contributed by atoms with Gasteiger partial charge in [-0.1, -0.05) is 48.5 Å². The Morgan fingerprint density at radius 1 is 0.909 bits per heavy atom. The van der Waals surface area contributed by atoms with Gasteiger partial charge in [0.25, 0.3) is 5.91 Å². The van der Waals surface area contributed by atoms with Crippen LogP contribution in [0.2, 0.25) is 0 Å². The van der Waals surface area contributed by atoms with Crippen molar-refractivity contribution in [3.05, 3.63) is 59.7 Å². The van der Waals surface area contributed by atoms with Gasteiger partial charge in [-0.15, -0.1) is 0 Å². The smallest absolute Gasteiger partial charge is 0.426 e. The van der Waals surface area contributed by atoms with Crippen LogP contribution in [0.15, 0.2) is 48.5 Å². The van der Waals surface area contributed by atoms with Crippen LogP contribution in [0.3, 0.4) is 0 Å². The highest BCUT2D eigenvalue weighted by atomic mass is 16.6. The molecule has 2 aromatic rings. The average Bonchev–Trinajstić information content (AvgIpc) is 3.08. The molecule has 3 rings (SSSR count). The number of nitrogens with one attached hydrogen (secondary N) is 3.